The van der Waals surface area contributed by atoms with Gasteiger partial charge in [-0.2, -0.15) is 0 Å². The summed E-state index contributed by atoms with van der Waals surface area (Å²) in [5.74, 6) is -0.239. The van der Waals surface area contributed by atoms with Gasteiger partial charge in [-0.25, -0.2) is 0 Å². The minimum absolute atomic E-state index is 0.234. The van der Waals surface area contributed by atoms with Crippen molar-refractivity contribution < 1.29 is 19.1 Å². The number of para-hydroxylation sites is 1. The van der Waals surface area contributed by atoms with Crippen LogP contribution in [0.4, 0.5) is 0 Å². The minimum atomic E-state index is -0.382. The first-order chi connectivity index (χ1) is 9.04. The highest BCUT2D eigenvalue weighted by Crippen LogP contribution is 2.16. The van der Waals surface area contributed by atoms with Gasteiger partial charge in [-0.15, -0.1) is 0 Å². The molecule has 1 aromatic rings. The average Bonchev–Trinajstić information content (AvgIpc) is 2.42. The maximum atomic E-state index is 11.5. The van der Waals surface area contributed by atoms with E-state index in [1.807, 2.05) is 24.3 Å². The Labute approximate surface area is 112 Å². The van der Waals surface area contributed by atoms with E-state index in [-0.39, 0.29) is 24.4 Å². The topological polar surface area (TPSA) is 64.6 Å². The number of esters is 1. The molecule has 5 heteroatoms. The molecule has 0 atom stereocenters. The molecule has 0 bridgehead atoms. The van der Waals surface area contributed by atoms with Crippen LogP contribution >= 0.6 is 0 Å². The average molecular weight is 265 g/mol. The fourth-order valence-corrected chi connectivity index (χ4v) is 1.40. The molecule has 1 amide bonds. The van der Waals surface area contributed by atoms with E-state index in [0.29, 0.717) is 12.3 Å². The molecule has 0 unspecified atom stereocenters. The molecule has 0 saturated carbocycles. The largest absolute Gasteiger partial charge is 0.496 e. The van der Waals surface area contributed by atoms with Crippen LogP contribution in [0.1, 0.15) is 19.4 Å². The van der Waals surface area contributed by atoms with Crippen LogP contribution in [0, 0.1) is 5.92 Å². The minimum Gasteiger partial charge on any atom is -0.496 e. The third-order valence-electron chi connectivity index (χ3n) is 2.49. The Bertz CT molecular complexity index is 443. The molecular formula is C14H19NO4. The molecule has 1 N–H and O–H groups in total. The van der Waals surface area contributed by atoms with Crippen LogP contribution in [-0.2, 0) is 20.9 Å². The number of carbonyl (C=O) groups is 2. The Kier molecular flexibility index (Phi) is 5.85. The summed E-state index contributed by atoms with van der Waals surface area (Å²) < 4.78 is 10.00. The van der Waals surface area contributed by atoms with Gasteiger partial charge in [-0.05, 0) is 6.07 Å². The molecular weight excluding hydrogens is 246 g/mol. The number of nitrogens with one attached hydrogen (secondary N) is 1. The Morgan fingerprint density at radius 2 is 1.95 bits per heavy atom. The van der Waals surface area contributed by atoms with Crippen LogP contribution in [0.5, 0.6) is 5.75 Å². The van der Waals surface area contributed by atoms with E-state index >= 15 is 0 Å². The predicted octanol–water partition coefficient (Wildman–Crippen LogP) is 1.51. The van der Waals surface area contributed by atoms with Gasteiger partial charge in [0, 0.05) is 12.1 Å². The number of rotatable bonds is 6. The number of ether oxygens (including phenoxy) is 2. The van der Waals surface area contributed by atoms with Crippen molar-refractivity contribution in [3.63, 3.8) is 0 Å². The first kappa shape index (κ1) is 15.0. The molecule has 0 heterocycles. The van der Waals surface area contributed by atoms with Gasteiger partial charge in [0.15, 0.2) is 6.61 Å². The molecule has 5 nitrogen and oxygen atoms in total. The molecule has 0 saturated heterocycles. The van der Waals surface area contributed by atoms with Crippen molar-refractivity contribution in [1.82, 2.24) is 5.32 Å². The molecule has 104 valence electrons. The van der Waals surface area contributed by atoms with Crippen LogP contribution in [0.3, 0.4) is 0 Å². The standard InChI is InChI=1S/C14H19NO4/c1-10(2)14(17)19-9-13(16)15-8-11-6-4-5-7-12(11)18-3/h4-7,10H,8-9H2,1-3H3,(H,15,16). The van der Waals surface area contributed by atoms with E-state index in [1.54, 1.807) is 21.0 Å². The quantitative estimate of drug-likeness (QED) is 0.792. The van der Waals surface area contributed by atoms with E-state index in [9.17, 15) is 9.59 Å². The Morgan fingerprint density at radius 3 is 2.58 bits per heavy atom. The number of amides is 1. The monoisotopic (exact) mass is 265 g/mol. The van der Waals surface area contributed by atoms with Gasteiger partial charge in [0.2, 0.25) is 0 Å². The van der Waals surface area contributed by atoms with E-state index in [4.69, 9.17) is 9.47 Å². The Hall–Kier alpha value is -2.04. The lowest BCUT2D eigenvalue weighted by atomic mass is 10.2. The van der Waals surface area contributed by atoms with Gasteiger partial charge in [-0.3, -0.25) is 9.59 Å². The zero-order chi connectivity index (χ0) is 14.3. The van der Waals surface area contributed by atoms with Crippen LogP contribution in [0.15, 0.2) is 24.3 Å². The van der Waals surface area contributed by atoms with Gasteiger partial charge in [0.1, 0.15) is 5.75 Å². The van der Waals surface area contributed by atoms with Crippen molar-refractivity contribution in [1.29, 1.82) is 0 Å². The smallest absolute Gasteiger partial charge is 0.308 e. The van der Waals surface area contributed by atoms with Gasteiger partial charge in [-0.1, -0.05) is 32.0 Å². The lowest BCUT2D eigenvalue weighted by Crippen LogP contribution is -2.29. The number of carbonyl (C=O) groups excluding carboxylic acids is 2. The summed E-state index contributed by atoms with van der Waals surface area (Å²) in [6.45, 7) is 3.51. The summed E-state index contributed by atoms with van der Waals surface area (Å²) in [5, 5.41) is 2.67. The number of hydrogen-bond acceptors (Lipinski definition) is 4. The summed E-state index contributed by atoms with van der Waals surface area (Å²) in [5.41, 5.74) is 0.869. The van der Waals surface area contributed by atoms with Crippen LogP contribution in [-0.4, -0.2) is 25.6 Å². The second-order valence-corrected chi connectivity index (χ2v) is 4.35. The Morgan fingerprint density at radius 1 is 1.26 bits per heavy atom. The van der Waals surface area contributed by atoms with E-state index in [0.717, 1.165) is 5.56 Å². The highest BCUT2D eigenvalue weighted by molar-refractivity contribution is 5.81. The summed E-state index contributed by atoms with van der Waals surface area (Å²) in [7, 11) is 1.57. The van der Waals surface area contributed by atoms with E-state index in [1.165, 1.54) is 0 Å². The van der Waals surface area contributed by atoms with Gasteiger partial charge in [0.25, 0.3) is 5.91 Å². The molecule has 0 fully saturated rings. The SMILES string of the molecule is COc1ccccc1CNC(=O)COC(=O)C(C)C. The maximum Gasteiger partial charge on any atom is 0.308 e. The number of hydrogen-bond donors (Lipinski definition) is 1. The first-order valence-corrected chi connectivity index (χ1v) is 6.09. The molecule has 19 heavy (non-hydrogen) atoms. The summed E-state index contributed by atoms with van der Waals surface area (Å²) in [4.78, 5) is 22.7. The second kappa shape index (κ2) is 7.41. The Balaban J connectivity index is 2.40. The van der Waals surface area contributed by atoms with Crippen molar-refractivity contribution >= 4 is 11.9 Å². The molecule has 0 spiro atoms. The van der Waals surface area contributed by atoms with Crippen LogP contribution in [0.25, 0.3) is 0 Å². The molecule has 0 aromatic heterocycles. The van der Waals surface area contributed by atoms with E-state index in [2.05, 4.69) is 5.32 Å². The predicted molar refractivity (Wildman–Crippen MR) is 70.6 cm³/mol. The normalized spacial score (nSPS) is 10.1. The van der Waals surface area contributed by atoms with Crippen LogP contribution in [0.2, 0.25) is 0 Å². The van der Waals surface area contributed by atoms with E-state index < -0.39 is 0 Å². The maximum absolute atomic E-state index is 11.5. The highest BCUT2D eigenvalue weighted by Gasteiger charge is 2.11. The summed E-state index contributed by atoms with van der Waals surface area (Å²) >= 11 is 0. The fourth-order valence-electron chi connectivity index (χ4n) is 1.40. The number of methoxy groups -OCH3 is 1. The van der Waals surface area contributed by atoms with Gasteiger partial charge in [0.05, 0.1) is 13.0 Å². The summed E-state index contributed by atoms with van der Waals surface area (Å²) in [6.07, 6.45) is 0. The first-order valence-electron chi connectivity index (χ1n) is 6.09. The van der Waals surface area contributed by atoms with Crippen molar-refractivity contribution in [2.75, 3.05) is 13.7 Å². The number of benzene rings is 1. The third-order valence-corrected chi connectivity index (χ3v) is 2.49. The molecule has 1 aromatic carbocycles. The zero-order valence-corrected chi connectivity index (χ0v) is 11.4. The molecule has 0 aliphatic heterocycles. The van der Waals surface area contributed by atoms with Crippen LogP contribution < -0.4 is 10.1 Å². The third kappa shape index (κ3) is 4.99. The zero-order valence-electron chi connectivity index (χ0n) is 11.4. The lowest BCUT2D eigenvalue weighted by Gasteiger charge is -2.10. The second-order valence-electron chi connectivity index (χ2n) is 4.35. The molecule has 1 rings (SSSR count). The van der Waals surface area contributed by atoms with Gasteiger partial charge >= 0.3 is 5.97 Å². The van der Waals surface area contributed by atoms with Crippen molar-refractivity contribution in [3.8, 4) is 5.75 Å². The fraction of sp³-hybridized carbons (Fsp3) is 0.429. The highest BCUT2D eigenvalue weighted by atomic mass is 16.5. The lowest BCUT2D eigenvalue weighted by molar-refractivity contribution is -0.151. The molecule has 0 radical (unpaired) electrons. The van der Waals surface area contributed by atoms with Crippen molar-refractivity contribution in [2.24, 2.45) is 5.92 Å². The molecule has 0 aliphatic carbocycles. The summed E-state index contributed by atoms with van der Waals surface area (Å²) in [6, 6.07) is 7.40. The van der Waals surface area contributed by atoms with Crippen molar-refractivity contribution in [3.05, 3.63) is 29.8 Å². The van der Waals surface area contributed by atoms with Gasteiger partial charge < -0.3 is 14.8 Å². The molecule has 0 aliphatic rings. The van der Waals surface area contributed by atoms with Crippen molar-refractivity contribution in [2.45, 2.75) is 20.4 Å².